The molecule has 132 valence electrons. The van der Waals surface area contributed by atoms with E-state index in [1.165, 1.54) is 11.6 Å². The number of ether oxygens (including phenoxy) is 1. The zero-order chi connectivity index (χ0) is 17.4. The maximum Gasteiger partial charge on any atom is 0.306 e. The lowest BCUT2D eigenvalue weighted by molar-refractivity contribution is -0.144. The van der Waals surface area contributed by atoms with E-state index in [2.05, 4.69) is 11.1 Å². The van der Waals surface area contributed by atoms with Crippen molar-refractivity contribution in [2.75, 3.05) is 6.61 Å². The van der Waals surface area contributed by atoms with Gasteiger partial charge >= 0.3 is 5.97 Å². The van der Waals surface area contributed by atoms with Crippen molar-refractivity contribution in [3.05, 3.63) is 41.8 Å². The first-order chi connectivity index (χ1) is 12.1. The maximum atomic E-state index is 13.7. The van der Waals surface area contributed by atoms with Crippen LogP contribution in [0, 0.1) is 23.6 Å². The van der Waals surface area contributed by atoms with Gasteiger partial charge in [0.15, 0.2) is 0 Å². The Morgan fingerprint density at radius 3 is 2.68 bits per heavy atom. The SMILES string of the molecule is CCOC(=O)CC1C[C@@H]2C[C@H](c3ccnc4ccc(F)cc34)C[C@@H]2C1. The quantitative estimate of drug-likeness (QED) is 0.747. The molecule has 4 heteroatoms. The van der Waals surface area contributed by atoms with Gasteiger partial charge in [0.25, 0.3) is 0 Å². The summed E-state index contributed by atoms with van der Waals surface area (Å²) in [6.07, 6.45) is 6.93. The van der Waals surface area contributed by atoms with E-state index in [1.807, 2.05) is 13.1 Å². The van der Waals surface area contributed by atoms with Gasteiger partial charge in [-0.3, -0.25) is 9.78 Å². The Kier molecular flexibility index (Phi) is 4.45. The van der Waals surface area contributed by atoms with Gasteiger partial charge in [0, 0.05) is 18.0 Å². The zero-order valence-electron chi connectivity index (χ0n) is 14.6. The Morgan fingerprint density at radius 2 is 1.96 bits per heavy atom. The molecular weight excluding hydrogens is 317 g/mol. The lowest BCUT2D eigenvalue weighted by Gasteiger charge is -2.16. The van der Waals surface area contributed by atoms with Gasteiger partial charge in [-0.1, -0.05) is 0 Å². The molecule has 1 aromatic heterocycles. The minimum Gasteiger partial charge on any atom is -0.466 e. The van der Waals surface area contributed by atoms with Crippen molar-refractivity contribution in [1.82, 2.24) is 4.98 Å². The van der Waals surface area contributed by atoms with Gasteiger partial charge in [0.2, 0.25) is 0 Å². The molecule has 1 heterocycles. The molecule has 0 spiro atoms. The minimum atomic E-state index is -0.200. The summed E-state index contributed by atoms with van der Waals surface area (Å²) in [5.74, 6) is 2.06. The van der Waals surface area contributed by atoms with Crippen molar-refractivity contribution in [2.24, 2.45) is 17.8 Å². The monoisotopic (exact) mass is 341 g/mol. The number of nitrogens with zero attached hydrogens (tertiary/aromatic N) is 1. The van der Waals surface area contributed by atoms with Crippen LogP contribution in [0.15, 0.2) is 30.5 Å². The van der Waals surface area contributed by atoms with Crippen LogP contribution in [0.3, 0.4) is 0 Å². The number of hydrogen-bond acceptors (Lipinski definition) is 3. The van der Waals surface area contributed by atoms with Gasteiger partial charge in [-0.25, -0.2) is 4.39 Å². The Labute approximate surface area is 147 Å². The number of carbonyl (C=O) groups excluding carboxylic acids is 1. The smallest absolute Gasteiger partial charge is 0.306 e. The van der Waals surface area contributed by atoms with Crippen LogP contribution in [-0.2, 0) is 9.53 Å². The van der Waals surface area contributed by atoms with Crippen LogP contribution in [0.4, 0.5) is 4.39 Å². The largest absolute Gasteiger partial charge is 0.466 e. The third-order valence-corrected chi connectivity index (χ3v) is 6.05. The highest BCUT2D eigenvalue weighted by Gasteiger charge is 2.42. The summed E-state index contributed by atoms with van der Waals surface area (Å²) in [5, 5.41) is 0.954. The average Bonchev–Trinajstić information content (AvgIpc) is 3.12. The molecule has 1 aromatic carbocycles. The van der Waals surface area contributed by atoms with E-state index in [1.54, 1.807) is 12.1 Å². The standard InChI is InChI=1S/C21H24FNO2/c1-2-25-21(24)9-13-7-14-10-16(11-15(14)8-13)18-5-6-23-20-4-3-17(22)12-19(18)20/h3-6,12-16H,2,7-11H2,1H3/t13?,14-,15+,16+. The van der Waals surface area contributed by atoms with E-state index in [-0.39, 0.29) is 11.8 Å². The lowest BCUT2D eigenvalue weighted by Crippen LogP contribution is -2.10. The number of fused-ring (bicyclic) bond motifs is 2. The predicted molar refractivity (Wildman–Crippen MR) is 94.6 cm³/mol. The number of aromatic nitrogens is 1. The van der Waals surface area contributed by atoms with E-state index in [0.29, 0.717) is 36.7 Å². The van der Waals surface area contributed by atoms with E-state index in [4.69, 9.17) is 4.74 Å². The summed E-state index contributed by atoms with van der Waals surface area (Å²) < 4.78 is 18.8. The second-order valence-electron chi connectivity index (χ2n) is 7.60. The summed E-state index contributed by atoms with van der Waals surface area (Å²) in [4.78, 5) is 16.1. The summed E-state index contributed by atoms with van der Waals surface area (Å²) in [5.41, 5.74) is 2.11. The number of rotatable bonds is 4. The molecule has 0 amide bonds. The molecule has 2 saturated carbocycles. The van der Waals surface area contributed by atoms with E-state index >= 15 is 0 Å². The highest BCUT2D eigenvalue weighted by atomic mass is 19.1. The lowest BCUT2D eigenvalue weighted by atomic mass is 9.90. The van der Waals surface area contributed by atoms with Crippen molar-refractivity contribution < 1.29 is 13.9 Å². The van der Waals surface area contributed by atoms with Gasteiger partial charge in [-0.05, 0) is 86.1 Å². The molecule has 2 aliphatic rings. The van der Waals surface area contributed by atoms with Crippen LogP contribution < -0.4 is 0 Å². The summed E-state index contributed by atoms with van der Waals surface area (Å²) in [7, 11) is 0. The zero-order valence-corrected chi connectivity index (χ0v) is 14.6. The van der Waals surface area contributed by atoms with Crippen molar-refractivity contribution in [2.45, 2.75) is 44.9 Å². The molecule has 4 atom stereocenters. The Bertz CT molecular complexity index is 777. The number of hydrogen-bond donors (Lipinski definition) is 0. The molecule has 1 unspecified atom stereocenters. The van der Waals surface area contributed by atoms with Crippen LogP contribution in [0.1, 0.15) is 50.5 Å². The van der Waals surface area contributed by atoms with Gasteiger partial charge in [-0.15, -0.1) is 0 Å². The molecule has 25 heavy (non-hydrogen) atoms. The van der Waals surface area contributed by atoms with E-state index < -0.39 is 0 Å². The van der Waals surface area contributed by atoms with Crippen molar-refractivity contribution >= 4 is 16.9 Å². The first-order valence-corrected chi connectivity index (χ1v) is 9.33. The number of halogens is 1. The molecule has 2 fully saturated rings. The highest BCUT2D eigenvalue weighted by molar-refractivity contribution is 5.82. The third-order valence-electron chi connectivity index (χ3n) is 6.05. The molecule has 4 rings (SSSR count). The number of esters is 1. The minimum absolute atomic E-state index is 0.0559. The molecule has 0 aliphatic heterocycles. The Morgan fingerprint density at radius 1 is 1.20 bits per heavy atom. The number of pyridine rings is 1. The van der Waals surface area contributed by atoms with Gasteiger partial charge in [0.05, 0.1) is 12.1 Å². The fourth-order valence-corrected chi connectivity index (χ4v) is 5.11. The molecule has 2 aromatic rings. The van der Waals surface area contributed by atoms with Crippen molar-refractivity contribution in [1.29, 1.82) is 0 Å². The van der Waals surface area contributed by atoms with Gasteiger partial charge in [0.1, 0.15) is 5.82 Å². The first kappa shape index (κ1) is 16.5. The third kappa shape index (κ3) is 3.26. The van der Waals surface area contributed by atoms with Crippen molar-refractivity contribution in [3.63, 3.8) is 0 Å². The summed E-state index contributed by atoms with van der Waals surface area (Å²) >= 11 is 0. The van der Waals surface area contributed by atoms with Crippen LogP contribution in [-0.4, -0.2) is 17.6 Å². The molecule has 0 bridgehead atoms. The second-order valence-corrected chi connectivity index (χ2v) is 7.60. The molecule has 0 N–H and O–H groups in total. The summed E-state index contributed by atoms with van der Waals surface area (Å²) in [6.45, 7) is 2.32. The first-order valence-electron chi connectivity index (χ1n) is 9.33. The predicted octanol–water partition coefficient (Wildman–Crippen LogP) is 4.85. The van der Waals surface area contributed by atoms with Crippen molar-refractivity contribution in [3.8, 4) is 0 Å². The normalized spacial score (nSPS) is 28.2. The molecule has 0 radical (unpaired) electrons. The van der Waals surface area contributed by atoms with Crippen LogP contribution in [0.25, 0.3) is 10.9 Å². The molecular formula is C21H24FNO2. The molecule has 0 saturated heterocycles. The second kappa shape index (κ2) is 6.74. The summed E-state index contributed by atoms with van der Waals surface area (Å²) in [6, 6.07) is 6.92. The van der Waals surface area contributed by atoms with E-state index in [0.717, 1.165) is 36.6 Å². The fourth-order valence-electron chi connectivity index (χ4n) is 5.11. The molecule has 3 nitrogen and oxygen atoms in total. The number of carbonyl (C=O) groups is 1. The molecule has 2 aliphatic carbocycles. The van der Waals surface area contributed by atoms with E-state index in [9.17, 15) is 9.18 Å². The fraction of sp³-hybridized carbons (Fsp3) is 0.524. The number of benzene rings is 1. The van der Waals surface area contributed by atoms with Gasteiger partial charge in [-0.2, -0.15) is 0 Å². The average molecular weight is 341 g/mol. The highest BCUT2D eigenvalue weighted by Crippen LogP contribution is 2.53. The maximum absolute atomic E-state index is 13.7. The van der Waals surface area contributed by atoms with Crippen LogP contribution in [0.2, 0.25) is 0 Å². The van der Waals surface area contributed by atoms with Crippen LogP contribution >= 0.6 is 0 Å². The van der Waals surface area contributed by atoms with Gasteiger partial charge < -0.3 is 4.74 Å². The van der Waals surface area contributed by atoms with Crippen LogP contribution in [0.5, 0.6) is 0 Å². The topological polar surface area (TPSA) is 39.2 Å². The Hall–Kier alpha value is -1.97. The Balaban J connectivity index is 1.47.